The molecule has 4 rings (SSSR count). The van der Waals surface area contributed by atoms with E-state index < -0.39 is 8.32 Å². The fourth-order valence-corrected chi connectivity index (χ4v) is 5.25. The number of halogens is 1. The number of nitrogens with zero attached hydrogens (tertiary/aromatic N) is 4. The first-order valence-corrected chi connectivity index (χ1v) is 17.9. The Kier molecular flexibility index (Phi) is 11.3. The van der Waals surface area contributed by atoms with Crippen molar-refractivity contribution in [3.05, 3.63) is 42.0 Å². The summed E-state index contributed by atoms with van der Waals surface area (Å²) in [5.41, 5.74) is 2.42. The molecule has 2 aliphatic heterocycles. The lowest BCUT2D eigenvalue weighted by Crippen LogP contribution is -2.48. The number of anilines is 1. The van der Waals surface area contributed by atoms with Crippen molar-refractivity contribution in [2.45, 2.75) is 78.0 Å². The van der Waals surface area contributed by atoms with Gasteiger partial charge in [0.1, 0.15) is 12.4 Å². The van der Waals surface area contributed by atoms with E-state index in [1.54, 1.807) is 24.5 Å². The minimum absolute atomic E-state index is 0.0465. The molecular formula is C31H45FN4O6Si. The predicted octanol–water partition coefficient (Wildman–Crippen LogP) is 5.72. The Labute approximate surface area is 255 Å². The van der Waals surface area contributed by atoms with Gasteiger partial charge in [-0.05, 0) is 37.4 Å². The highest BCUT2D eigenvalue weighted by Crippen LogP contribution is 2.37. The molecule has 0 aliphatic carbocycles. The Morgan fingerprint density at radius 3 is 2.56 bits per heavy atom. The molecule has 12 heteroatoms. The first kappa shape index (κ1) is 33.0. The molecular weight excluding hydrogens is 571 g/mol. The fraction of sp³-hybridized carbons (Fsp3) is 0.613. The van der Waals surface area contributed by atoms with Gasteiger partial charge in [-0.25, -0.2) is 14.4 Å². The Balaban J connectivity index is 1.27. The van der Waals surface area contributed by atoms with Gasteiger partial charge in [0.05, 0.1) is 44.5 Å². The molecule has 0 bridgehead atoms. The van der Waals surface area contributed by atoms with E-state index >= 15 is 4.39 Å². The van der Waals surface area contributed by atoms with Gasteiger partial charge in [0.25, 0.3) is 0 Å². The van der Waals surface area contributed by atoms with Gasteiger partial charge in [-0.3, -0.25) is 4.79 Å². The number of hydrogen-bond donors (Lipinski definition) is 0. The summed E-state index contributed by atoms with van der Waals surface area (Å²) < 4.78 is 38.3. The highest BCUT2D eigenvalue weighted by atomic mass is 28.4. The molecule has 0 radical (unpaired) electrons. The number of rotatable bonds is 13. The maximum Gasteiger partial charge on any atom is 0.302 e. The second-order valence-electron chi connectivity index (χ2n) is 12.7. The summed E-state index contributed by atoms with van der Waals surface area (Å²) in [5, 5.41) is 4.28. The van der Waals surface area contributed by atoms with Gasteiger partial charge < -0.3 is 28.4 Å². The third kappa shape index (κ3) is 9.28. The van der Waals surface area contributed by atoms with Crippen LogP contribution < -0.4 is 4.90 Å². The molecule has 3 heterocycles. The molecule has 2 unspecified atom stereocenters. The largest absolute Gasteiger partial charge is 0.465 e. The molecule has 1 aromatic carbocycles. The third-order valence-electron chi connectivity index (χ3n) is 8.13. The van der Waals surface area contributed by atoms with Gasteiger partial charge in [0, 0.05) is 42.6 Å². The smallest absolute Gasteiger partial charge is 0.302 e. The van der Waals surface area contributed by atoms with Crippen LogP contribution in [0.25, 0.3) is 11.1 Å². The highest BCUT2D eigenvalue weighted by Gasteiger charge is 2.37. The molecule has 2 saturated heterocycles. The topological polar surface area (TPSA) is 105 Å². The summed E-state index contributed by atoms with van der Waals surface area (Å²) in [4.78, 5) is 27.8. The van der Waals surface area contributed by atoms with E-state index in [-0.39, 0.29) is 48.9 Å². The van der Waals surface area contributed by atoms with Crippen LogP contribution in [0, 0.1) is 11.7 Å². The van der Waals surface area contributed by atoms with E-state index in [9.17, 15) is 4.79 Å². The molecule has 0 amide bonds. The molecule has 0 spiro atoms. The monoisotopic (exact) mass is 616 g/mol. The molecule has 2 aliphatic rings. The summed E-state index contributed by atoms with van der Waals surface area (Å²) in [5.74, 6) is -0.286. The Hall–Kier alpha value is -2.93. The van der Waals surface area contributed by atoms with Crippen LogP contribution >= 0.6 is 0 Å². The molecule has 2 aromatic rings. The number of ether oxygens (including phenoxy) is 3. The minimum atomic E-state index is -2.01. The maximum atomic E-state index is 15.4. The van der Waals surface area contributed by atoms with Crippen molar-refractivity contribution in [3.8, 4) is 11.1 Å². The van der Waals surface area contributed by atoms with Crippen molar-refractivity contribution in [1.82, 2.24) is 9.97 Å². The van der Waals surface area contributed by atoms with Crippen LogP contribution in [-0.4, -0.2) is 75.8 Å². The van der Waals surface area contributed by atoms with Crippen molar-refractivity contribution in [3.63, 3.8) is 0 Å². The SMILES string of the molecule is CC(=O)OCC(CON=C1CN(c2ncc(-c3cccc(CO[Si](C)(C)C(C)(C)C)c3F)cn2)C1)COC1CCCCO1. The molecule has 2 atom stereocenters. The summed E-state index contributed by atoms with van der Waals surface area (Å²) in [6.07, 6.45) is 6.03. The number of aromatic nitrogens is 2. The van der Waals surface area contributed by atoms with E-state index in [0.717, 1.165) is 25.0 Å². The van der Waals surface area contributed by atoms with Gasteiger partial charge in [0.15, 0.2) is 14.6 Å². The molecule has 0 N–H and O–H groups in total. The van der Waals surface area contributed by atoms with E-state index in [0.29, 0.717) is 48.9 Å². The number of carbonyl (C=O) groups is 1. The van der Waals surface area contributed by atoms with Crippen molar-refractivity contribution in [1.29, 1.82) is 0 Å². The second kappa shape index (κ2) is 14.7. The van der Waals surface area contributed by atoms with Crippen LogP contribution in [0.1, 0.15) is 52.5 Å². The number of hydrogen-bond acceptors (Lipinski definition) is 10. The molecule has 1 aromatic heterocycles. The standard InChI is InChI=1S/C31H45FN4O6Si/c1-22(37)39-18-23(19-40-28-12-7-8-13-38-28)20-41-35-26-16-36(17-26)30-33-14-25(15-34-30)27-11-9-10-24(29(27)32)21-42-43(5,6)31(2,3)4/h9-11,14-15,23,28H,7-8,12-13,16-21H2,1-6H3. The van der Waals surface area contributed by atoms with Gasteiger partial charge >= 0.3 is 5.97 Å². The van der Waals surface area contributed by atoms with Gasteiger partial charge in [0.2, 0.25) is 5.95 Å². The van der Waals surface area contributed by atoms with Crippen LogP contribution in [0.4, 0.5) is 10.3 Å². The summed E-state index contributed by atoms with van der Waals surface area (Å²) >= 11 is 0. The van der Waals surface area contributed by atoms with Crippen molar-refractivity contribution in [2.24, 2.45) is 11.1 Å². The van der Waals surface area contributed by atoms with Gasteiger partial charge in [-0.15, -0.1) is 0 Å². The number of carbonyl (C=O) groups excluding carboxylic acids is 1. The molecule has 2 fully saturated rings. The number of benzene rings is 1. The Morgan fingerprint density at radius 1 is 1.16 bits per heavy atom. The van der Waals surface area contributed by atoms with Crippen molar-refractivity contribution < 1.29 is 32.7 Å². The van der Waals surface area contributed by atoms with Crippen LogP contribution in [0.3, 0.4) is 0 Å². The average Bonchev–Trinajstić information content (AvgIpc) is 2.95. The average molecular weight is 617 g/mol. The maximum absolute atomic E-state index is 15.4. The van der Waals surface area contributed by atoms with Crippen LogP contribution in [0.5, 0.6) is 0 Å². The van der Waals surface area contributed by atoms with Gasteiger partial charge in [-0.1, -0.05) is 44.1 Å². The number of oxime groups is 1. The first-order valence-electron chi connectivity index (χ1n) is 15.0. The zero-order chi connectivity index (χ0) is 31.0. The van der Waals surface area contributed by atoms with E-state index in [1.165, 1.54) is 6.92 Å². The van der Waals surface area contributed by atoms with Crippen molar-refractivity contribution >= 4 is 25.9 Å². The normalized spacial score (nSPS) is 18.2. The lowest BCUT2D eigenvalue weighted by Gasteiger charge is -2.36. The molecule has 43 heavy (non-hydrogen) atoms. The van der Waals surface area contributed by atoms with E-state index in [4.69, 9.17) is 23.5 Å². The minimum Gasteiger partial charge on any atom is -0.465 e. The van der Waals surface area contributed by atoms with E-state index in [2.05, 4.69) is 49.0 Å². The summed E-state index contributed by atoms with van der Waals surface area (Å²) in [6.45, 7) is 15.0. The quantitative estimate of drug-likeness (QED) is 0.159. The Morgan fingerprint density at radius 2 is 1.91 bits per heavy atom. The van der Waals surface area contributed by atoms with Crippen LogP contribution in [0.15, 0.2) is 35.7 Å². The first-order chi connectivity index (χ1) is 20.4. The lowest BCUT2D eigenvalue weighted by atomic mass is 10.1. The predicted molar refractivity (Wildman–Crippen MR) is 165 cm³/mol. The summed E-state index contributed by atoms with van der Waals surface area (Å²) in [6, 6.07) is 5.33. The summed E-state index contributed by atoms with van der Waals surface area (Å²) in [7, 11) is -2.01. The van der Waals surface area contributed by atoms with Crippen LogP contribution in [0.2, 0.25) is 18.1 Å². The molecule has 0 saturated carbocycles. The van der Waals surface area contributed by atoms with Gasteiger partial charge in [-0.2, -0.15) is 0 Å². The number of esters is 1. The fourth-order valence-electron chi connectivity index (χ4n) is 4.31. The third-order valence-corrected chi connectivity index (χ3v) is 12.6. The molecule has 236 valence electrons. The highest BCUT2D eigenvalue weighted by molar-refractivity contribution is 6.74. The van der Waals surface area contributed by atoms with E-state index in [1.807, 2.05) is 11.0 Å². The van der Waals surface area contributed by atoms with Crippen LogP contribution in [-0.2, 0) is 34.9 Å². The lowest BCUT2D eigenvalue weighted by molar-refractivity contribution is -0.176. The Bertz CT molecular complexity index is 1240. The molecule has 10 nitrogen and oxygen atoms in total. The van der Waals surface area contributed by atoms with Crippen molar-refractivity contribution in [2.75, 3.05) is 44.4 Å². The zero-order valence-electron chi connectivity index (χ0n) is 26.2. The zero-order valence-corrected chi connectivity index (χ0v) is 27.2. The second-order valence-corrected chi connectivity index (χ2v) is 17.5.